The van der Waals surface area contributed by atoms with Gasteiger partial charge in [0, 0.05) is 10.6 Å². The molecule has 138 valence electrons. The van der Waals surface area contributed by atoms with Crippen molar-refractivity contribution in [1.29, 1.82) is 0 Å². The maximum absolute atomic E-state index is 4.99. The van der Waals surface area contributed by atoms with Crippen LogP contribution in [0.2, 0.25) is 0 Å². The van der Waals surface area contributed by atoms with Gasteiger partial charge in [0.1, 0.15) is 11.2 Å². The smallest absolute Gasteiger partial charge is 0.192 e. The maximum atomic E-state index is 4.99. The molecule has 3 heterocycles. The number of aromatic nitrogens is 4. The van der Waals surface area contributed by atoms with E-state index >= 15 is 0 Å². The number of hydrogen-bond donors (Lipinski definition) is 0. The molecule has 1 aromatic carbocycles. The van der Waals surface area contributed by atoms with Gasteiger partial charge in [-0.2, -0.15) is 9.61 Å². The molecule has 0 amide bonds. The number of thiophene rings is 1. The molecule has 0 aliphatic heterocycles. The zero-order chi connectivity index (χ0) is 18.2. The van der Waals surface area contributed by atoms with Crippen molar-refractivity contribution in [2.45, 2.75) is 44.2 Å². The number of benzene rings is 1. The molecule has 27 heavy (non-hydrogen) atoms. The standard InChI is InChI=1S/C21H22N4S2/c1-14-9-10-17-16(12-14)18-19-22-13-23-25(19)21(24-20(18)27-17)26-11-5-8-15-6-3-2-4-7-15/h2-4,6-7,13-14H,5,8-12H2,1H3/t14-/m1/s1. The molecular weight excluding hydrogens is 372 g/mol. The molecule has 0 N–H and O–H groups in total. The number of rotatable bonds is 5. The number of aryl methyl sites for hydroxylation is 2. The summed E-state index contributed by atoms with van der Waals surface area (Å²) in [5.74, 6) is 1.77. The molecule has 0 saturated heterocycles. The third-order valence-electron chi connectivity index (χ3n) is 5.32. The largest absolute Gasteiger partial charge is 0.214 e. The van der Waals surface area contributed by atoms with E-state index < -0.39 is 0 Å². The monoisotopic (exact) mass is 394 g/mol. The van der Waals surface area contributed by atoms with E-state index in [9.17, 15) is 0 Å². The predicted molar refractivity (Wildman–Crippen MR) is 113 cm³/mol. The minimum atomic E-state index is 0.741. The van der Waals surface area contributed by atoms with E-state index in [1.165, 1.54) is 34.2 Å². The molecule has 3 aromatic heterocycles. The molecule has 4 nitrogen and oxygen atoms in total. The summed E-state index contributed by atoms with van der Waals surface area (Å²) in [5, 5.41) is 6.69. The predicted octanol–water partition coefficient (Wildman–Crippen LogP) is 5.19. The molecule has 1 aliphatic carbocycles. The lowest BCUT2D eigenvalue weighted by Crippen LogP contribution is -2.09. The molecule has 0 bridgehead atoms. The van der Waals surface area contributed by atoms with Gasteiger partial charge in [0.2, 0.25) is 0 Å². The topological polar surface area (TPSA) is 43.1 Å². The van der Waals surface area contributed by atoms with Crippen LogP contribution in [-0.4, -0.2) is 25.3 Å². The van der Waals surface area contributed by atoms with Crippen LogP contribution in [0.1, 0.15) is 35.8 Å². The second kappa shape index (κ2) is 7.24. The summed E-state index contributed by atoms with van der Waals surface area (Å²) in [4.78, 5) is 12.2. The SMILES string of the molecule is C[C@@H]1CCc2sc3nc(SCCCc4ccccc4)n4ncnc4c3c2C1. The van der Waals surface area contributed by atoms with Crippen LogP contribution in [-0.2, 0) is 19.3 Å². The number of hydrogen-bond acceptors (Lipinski definition) is 5. The third kappa shape index (κ3) is 3.25. The Morgan fingerprint density at radius 3 is 3.04 bits per heavy atom. The average Bonchev–Trinajstić information content (AvgIpc) is 3.30. The molecule has 6 heteroatoms. The second-order valence-electron chi connectivity index (χ2n) is 7.36. The molecule has 0 fully saturated rings. The molecule has 0 radical (unpaired) electrons. The van der Waals surface area contributed by atoms with E-state index in [4.69, 9.17) is 4.98 Å². The Hall–Kier alpha value is -1.92. The van der Waals surface area contributed by atoms with Crippen molar-refractivity contribution < 1.29 is 0 Å². The lowest BCUT2D eigenvalue weighted by atomic mass is 9.89. The minimum Gasteiger partial charge on any atom is -0.214 e. The van der Waals surface area contributed by atoms with Crippen LogP contribution in [0.25, 0.3) is 15.9 Å². The Kier molecular flexibility index (Phi) is 4.61. The first-order valence-electron chi connectivity index (χ1n) is 9.60. The number of nitrogens with zero attached hydrogens (tertiary/aromatic N) is 4. The van der Waals surface area contributed by atoms with Crippen LogP contribution in [0.15, 0.2) is 41.8 Å². The van der Waals surface area contributed by atoms with Gasteiger partial charge in [0.05, 0.1) is 5.39 Å². The Bertz CT molecular complexity index is 1080. The molecule has 1 aliphatic rings. The fourth-order valence-electron chi connectivity index (χ4n) is 3.92. The van der Waals surface area contributed by atoms with Gasteiger partial charge in [-0.3, -0.25) is 0 Å². The first-order valence-corrected chi connectivity index (χ1v) is 11.4. The van der Waals surface area contributed by atoms with E-state index in [-0.39, 0.29) is 0 Å². The van der Waals surface area contributed by atoms with Crippen molar-refractivity contribution in [3.8, 4) is 0 Å². The first kappa shape index (κ1) is 17.2. The molecule has 0 saturated carbocycles. The molecular formula is C21H22N4S2. The summed E-state index contributed by atoms with van der Waals surface area (Å²) < 4.78 is 1.95. The maximum Gasteiger partial charge on any atom is 0.192 e. The van der Waals surface area contributed by atoms with Crippen molar-refractivity contribution in [3.63, 3.8) is 0 Å². The number of thioether (sulfide) groups is 1. The average molecular weight is 395 g/mol. The Morgan fingerprint density at radius 1 is 1.26 bits per heavy atom. The summed E-state index contributed by atoms with van der Waals surface area (Å²) in [6.45, 7) is 2.35. The van der Waals surface area contributed by atoms with Gasteiger partial charge in [-0.25, -0.2) is 9.97 Å². The highest BCUT2D eigenvalue weighted by atomic mass is 32.2. The summed E-state index contributed by atoms with van der Waals surface area (Å²) in [5.41, 5.74) is 3.85. The van der Waals surface area contributed by atoms with Crippen molar-refractivity contribution in [3.05, 3.63) is 52.7 Å². The van der Waals surface area contributed by atoms with Crippen molar-refractivity contribution >= 4 is 39.0 Å². The van der Waals surface area contributed by atoms with E-state index in [2.05, 4.69) is 47.3 Å². The zero-order valence-corrected chi connectivity index (χ0v) is 17.0. The summed E-state index contributed by atoms with van der Waals surface area (Å²) in [6.07, 6.45) is 7.50. The van der Waals surface area contributed by atoms with Crippen LogP contribution in [0.5, 0.6) is 0 Å². The fourth-order valence-corrected chi connectivity index (χ4v) is 6.07. The summed E-state index contributed by atoms with van der Waals surface area (Å²) in [7, 11) is 0. The van der Waals surface area contributed by atoms with E-state index in [0.717, 1.165) is 46.6 Å². The second-order valence-corrected chi connectivity index (χ2v) is 9.51. The quantitative estimate of drug-likeness (QED) is 0.265. The van der Waals surface area contributed by atoms with Gasteiger partial charge in [-0.05, 0) is 49.1 Å². The number of fused-ring (bicyclic) bond motifs is 5. The van der Waals surface area contributed by atoms with E-state index in [1.54, 1.807) is 18.1 Å². The van der Waals surface area contributed by atoms with Crippen LogP contribution in [0, 0.1) is 5.92 Å². The van der Waals surface area contributed by atoms with E-state index in [0.29, 0.717) is 0 Å². The van der Waals surface area contributed by atoms with Crippen LogP contribution >= 0.6 is 23.1 Å². The van der Waals surface area contributed by atoms with Gasteiger partial charge in [0.15, 0.2) is 10.8 Å². The van der Waals surface area contributed by atoms with Crippen LogP contribution < -0.4 is 0 Å². The van der Waals surface area contributed by atoms with Gasteiger partial charge in [-0.1, -0.05) is 49.0 Å². The molecule has 4 aromatic rings. The summed E-state index contributed by atoms with van der Waals surface area (Å²) >= 11 is 3.66. The van der Waals surface area contributed by atoms with Crippen LogP contribution in [0.4, 0.5) is 0 Å². The molecule has 0 spiro atoms. The Labute approximate surface area is 167 Å². The van der Waals surface area contributed by atoms with Crippen molar-refractivity contribution in [1.82, 2.24) is 19.6 Å². The normalized spacial score (nSPS) is 16.9. The Balaban J connectivity index is 1.42. The zero-order valence-electron chi connectivity index (χ0n) is 15.4. The molecule has 0 unspecified atom stereocenters. The van der Waals surface area contributed by atoms with Crippen LogP contribution in [0.3, 0.4) is 0 Å². The minimum absolute atomic E-state index is 0.741. The van der Waals surface area contributed by atoms with Gasteiger partial charge in [-0.15, -0.1) is 11.3 Å². The Morgan fingerprint density at radius 2 is 2.15 bits per heavy atom. The van der Waals surface area contributed by atoms with Gasteiger partial charge < -0.3 is 0 Å². The van der Waals surface area contributed by atoms with E-state index in [1.807, 2.05) is 15.9 Å². The van der Waals surface area contributed by atoms with Gasteiger partial charge >= 0.3 is 0 Å². The summed E-state index contributed by atoms with van der Waals surface area (Å²) in [6, 6.07) is 10.7. The lowest BCUT2D eigenvalue weighted by Gasteiger charge is -2.17. The van der Waals surface area contributed by atoms with Crippen molar-refractivity contribution in [2.75, 3.05) is 5.75 Å². The fraction of sp³-hybridized carbons (Fsp3) is 0.381. The van der Waals surface area contributed by atoms with Crippen molar-refractivity contribution in [2.24, 2.45) is 5.92 Å². The molecule has 5 rings (SSSR count). The lowest BCUT2D eigenvalue weighted by molar-refractivity contribution is 0.508. The molecule has 1 atom stereocenters. The third-order valence-corrected chi connectivity index (χ3v) is 7.52. The first-order chi connectivity index (χ1) is 13.3. The highest BCUT2D eigenvalue weighted by Gasteiger charge is 2.24. The highest BCUT2D eigenvalue weighted by Crippen LogP contribution is 2.39. The highest BCUT2D eigenvalue weighted by molar-refractivity contribution is 7.99. The van der Waals surface area contributed by atoms with Gasteiger partial charge in [0.25, 0.3) is 0 Å².